The number of nitrogens with one attached hydrogen (secondary N) is 2. The lowest BCUT2D eigenvalue weighted by Crippen LogP contribution is -2.08. The van der Waals surface area contributed by atoms with Gasteiger partial charge in [-0.3, -0.25) is 20.0 Å². The first-order valence-electron chi connectivity index (χ1n) is 5.99. The molecule has 2 aromatic heterocycles. The highest BCUT2D eigenvalue weighted by atomic mass is 16.6. The minimum Gasteiger partial charge on any atom is -0.306 e. The number of nitro groups is 1. The molecule has 0 saturated heterocycles. The summed E-state index contributed by atoms with van der Waals surface area (Å²) in [6.07, 6.45) is 4.72. The van der Waals surface area contributed by atoms with Gasteiger partial charge < -0.3 is 4.98 Å². The second kappa shape index (κ2) is 5.00. The largest absolute Gasteiger partial charge is 0.306 e. The summed E-state index contributed by atoms with van der Waals surface area (Å²) in [5.41, 5.74) is 0.907. The van der Waals surface area contributed by atoms with Crippen LogP contribution in [-0.2, 0) is 0 Å². The maximum absolute atomic E-state index is 11.7. The fourth-order valence-corrected chi connectivity index (χ4v) is 1.82. The van der Waals surface area contributed by atoms with Crippen molar-refractivity contribution in [3.63, 3.8) is 0 Å². The topological polar surface area (TPSA) is 118 Å². The summed E-state index contributed by atoms with van der Waals surface area (Å²) < 4.78 is 0. The van der Waals surface area contributed by atoms with E-state index in [2.05, 4.69) is 20.2 Å². The number of hydrogen-bond donors (Lipinski definition) is 2. The molecule has 3 rings (SSSR count). The number of fused-ring (bicyclic) bond motifs is 1. The van der Waals surface area contributed by atoms with Crippen molar-refractivity contribution in [2.24, 2.45) is 0 Å². The van der Waals surface area contributed by atoms with E-state index in [9.17, 15) is 14.9 Å². The number of non-ortho nitro benzene ring substituents is 1. The third-order valence-corrected chi connectivity index (χ3v) is 2.88. The van der Waals surface area contributed by atoms with Gasteiger partial charge in [0.05, 0.1) is 11.1 Å². The normalized spacial score (nSPS) is 11.2. The maximum atomic E-state index is 11.7. The van der Waals surface area contributed by atoms with Crippen molar-refractivity contribution in [1.29, 1.82) is 0 Å². The fourth-order valence-electron chi connectivity index (χ4n) is 1.82. The van der Waals surface area contributed by atoms with Crippen LogP contribution >= 0.6 is 0 Å². The highest BCUT2D eigenvalue weighted by Gasteiger charge is 2.04. The third-order valence-electron chi connectivity index (χ3n) is 2.88. The molecule has 0 unspecified atom stereocenters. The molecule has 0 bridgehead atoms. The number of hydrogen-bond acceptors (Lipinski definition) is 5. The number of nitro benzene ring substituents is 1. The molecule has 0 aliphatic rings. The van der Waals surface area contributed by atoms with Crippen LogP contribution in [0.25, 0.3) is 23.2 Å². The Labute approximate surface area is 117 Å². The molecule has 8 nitrogen and oxygen atoms in total. The van der Waals surface area contributed by atoms with Crippen LogP contribution < -0.4 is 5.56 Å². The zero-order valence-electron chi connectivity index (χ0n) is 10.6. The van der Waals surface area contributed by atoms with Crippen molar-refractivity contribution >= 4 is 28.9 Å². The summed E-state index contributed by atoms with van der Waals surface area (Å²) in [6.45, 7) is 0. The molecular weight excluding hydrogens is 274 g/mol. The molecule has 0 atom stereocenters. The molecule has 0 saturated carbocycles. The van der Waals surface area contributed by atoms with Gasteiger partial charge in [0.1, 0.15) is 11.2 Å². The van der Waals surface area contributed by atoms with Crippen LogP contribution in [0.4, 0.5) is 5.69 Å². The summed E-state index contributed by atoms with van der Waals surface area (Å²) in [4.78, 5) is 28.6. The molecule has 0 aliphatic heterocycles. The van der Waals surface area contributed by atoms with Crippen LogP contribution in [-0.4, -0.2) is 25.1 Å². The smallest absolute Gasteiger partial charge is 0.269 e. The first-order valence-corrected chi connectivity index (χ1v) is 5.99. The van der Waals surface area contributed by atoms with Crippen LogP contribution in [0, 0.1) is 10.1 Å². The Morgan fingerprint density at radius 2 is 1.95 bits per heavy atom. The number of H-pyrrole nitrogens is 2. The van der Waals surface area contributed by atoms with E-state index in [1.807, 2.05) is 0 Å². The highest BCUT2D eigenvalue weighted by Crippen LogP contribution is 2.13. The number of rotatable bonds is 3. The van der Waals surface area contributed by atoms with E-state index in [-0.39, 0.29) is 11.2 Å². The van der Waals surface area contributed by atoms with Crippen molar-refractivity contribution in [2.45, 2.75) is 0 Å². The molecule has 0 fully saturated rings. The molecule has 8 heteroatoms. The van der Waals surface area contributed by atoms with Gasteiger partial charge in [-0.2, -0.15) is 5.10 Å². The number of benzene rings is 1. The van der Waals surface area contributed by atoms with E-state index in [0.29, 0.717) is 16.9 Å². The van der Waals surface area contributed by atoms with Gasteiger partial charge in [-0.15, -0.1) is 0 Å². The number of aromatic amines is 2. The summed E-state index contributed by atoms with van der Waals surface area (Å²) >= 11 is 0. The van der Waals surface area contributed by atoms with Crippen LogP contribution in [0.15, 0.2) is 35.3 Å². The minimum atomic E-state index is -0.460. The van der Waals surface area contributed by atoms with Crippen molar-refractivity contribution < 1.29 is 4.92 Å². The maximum Gasteiger partial charge on any atom is 0.269 e. The average molecular weight is 283 g/mol. The number of aromatic nitrogens is 4. The predicted molar refractivity (Wildman–Crippen MR) is 76.5 cm³/mol. The van der Waals surface area contributed by atoms with Gasteiger partial charge >= 0.3 is 0 Å². The lowest BCUT2D eigenvalue weighted by Gasteiger charge is -1.95. The second-order valence-electron chi connectivity index (χ2n) is 4.27. The Kier molecular flexibility index (Phi) is 3.03. The standard InChI is InChI=1S/C13H9N5O3/c19-13-10-7-14-17-12(10)15-11(16-13)6-3-8-1-4-9(5-2-8)18(20)21/h1-7H,(H2,14,15,16,17,19). The van der Waals surface area contributed by atoms with E-state index in [4.69, 9.17) is 0 Å². The SMILES string of the molecule is O=c1[nH]c(C=Cc2ccc([N+](=O)[O-])cc2)nc2[nH]ncc12. The van der Waals surface area contributed by atoms with E-state index in [0.717, 1.165) is 5.56 Å². The summed E-state index contributed by atoms with van der Waals surface area (Å²) in [5, 5.41) is 17.3. The second-order valence-corrected chi connectivity index (χ2v) is 4.27. The van der Waals surface area contributed by atoms with Gasteiger partial charge in [0.2, 0.25) is 0 Å². The highest BCUT2D eigenvalue weighted by molar-refractivity contribution is 5.75. The van der Waals surface area contributed by atoms with E-state index in [1.165, 1.54) is 18.3 Å². The van der Waals surface area contributed by atoms with Gasteiger partial charge in [0.15, 0.2) is 5.65 Å². The first kappa shape index (κ1) is 12.7. The van der Waals surface area contributed by atoms with Crippen LogP contribution in [0.5, 0.6) is 0 Å². The summed E-state index contributed by atoms with van der Waals surface area (Å²) in [5.74, 6) is 0.370. The Morgan fingerprint density at radius 1 is 1.19 bits per heavy atom. The van der Waals surface area contributed by atoms with Gasteiger partial charge in [0, 0.05) is 12.1 Å². The molecule has 21 heavy (non-hydrogen) atoms. The lowest BCUT2D eigenvalue weighted by molar-refractivity contribution is -0.384. The predicted octanol–water partition coefficient (Wildman–Crippen LogP) is 1.72. The molecule has 0 spiro atoms. The summed E-state index contributed by atoms with van der Waals surface area (Å²) in [6, 6.07) is 6.05. The molecule has 104 valence electrons. The average Bonchev–Trinajstić information content (AvgIpc) is 2.94. The Bertz CT molecular complexity index is 892. The van der Waals surface area contributed by atoms with E-state index >= 15 is 0 Å². The molecule has 0 aliphatic carbocycles. The minimum absolute atomic E-state index is 0.0255. The molecular formula is C13H9N5O3. The van der Waals surface area contributed by atoms with Gasteiger partial charge in [-0.1, -0.05) is 6.08 Å². The molecule has 3 aromatic rings. The third kappa shape index (κ3) is 2.54. The summed E-state index contributed by atoms with van der Waals surface area (Å²) in [7, 11) is 0. The lowest BCUT2D eigenvalue weighted by atomic mass is 10.2. The quantitative estimate of drug-likeness (QED) is 0.560. The monoisotopic (exact) mass is 283 g/mol. The van der Waals surface area contributed by atoms with E-state index in [1.54, 1.807) is 24.3 Å². The first-order chi connectivity index (χ1) is 10.1. The van der Waals surface area contributed by atoms with Crippen molar-refractivity contribution in [3.8, 4) is 0 Å². The zero-order valence-corrected chi connectivity index (χ0v) is 10.6. The van der Waals surface area contributed by atoms with E-state index < -0.39 is 4.92 Å². The molecule has 2 heterocycles. The van der Waals surface area contributed by atoms with Gasteiger partial charge in [0.25, 0.3) is 11.2 Å². The van der Waals surface area contributed by atoms with Crippen molar-refractivity contribution in [1.82, 2.24) is 20.2 Å². The Morgan fingerprint density at radius 3 is 2.67 bits per heavy atom. The molecule has 0 radical (unpaired) electrons. The van der Waals surface area contributed by atoms with Gasteiger partial charge in [-0.05, 0) is 23.8 Å². The molecule has 0 amide bonds. The Hall–Kier alpha value is -3.29. The van der Waals surface area contributed by atoms with Crippen LogP contribution in [0.1, 0.15) is 11.4 Å². The van der Waals surface area contributed by atoms with Crippen molar-refractivity contribution in [2.75, 3.05) is 0 Å². The van der Waals surface area contributed by atoms with Crippen LogP contribution in [0.2, 0.25) is 0 Å². The van der Waals surface area contributed by atoms with Crippen molar-refractivity contribution in [3.05, 3.63) is 62.3 Å². The van der Waals surface area contributed by atoms with Gasteiger partial charge in [-0.25, -0.2) is 4.98 Å². The Balaban J connectivity index is 1.90. The zero-order chi connectivity index (χ0) is 14.8. The molecule has 2 N–H and O–H groups in total. The van der Waals surface area contributed by atoms with Crippen LogP contribution in [0.3, 0.4) is 0 Å². The molecule has 1 aromatic carbocycles. The fraction of sp³-hybridized carbons (Fsp3) is 0. The number of nitrogens with zero attached hydrogens (tertiary/aromatic N) is 3.